The van der Waals surface area contributed by atoms with E-state index in [1.165, 1.54) is 64.2 Å². The van der Waals surface area contributed by atoms with Crippen LogP contribution in [0, 0.1) is 35.6 Å². The minimum atomic E-state index is -0.118. The Morgan fingerprint density at radius 2 is 0.305 bits per heavy atom. The van der Waals surface area contributed by atoms with Crippen molar-refractivity contribution in [2.24, 2.45) is 0 Å². The van der Waals surface area contributed by atoms with Crippen molar-refractivity contribution in [3.63, 3.8) is 0 Å². The first-order valence-corrected chi connectivity index (χ1v) is 31.8. The summed E-state index contributed by atoms with van der Waals surface area (Å²) in [6.45, 7) is 10.0. The van der Waals surface area contributed by atoms with E-state index in [2.05, 4.69) is 0 Å². The van der Waals surface area contributed by atoms with E-state index in [1.807, 2.05) is 146 Å². The first-order chi connectivity index (χ1) is 44.8. The van der Waals surface area contributed by atoms with Crippen molar-refractivity contribution in [1.82, 2.24) is 0 Å². The van der Waals surface area contributed by atoms with Gasteiger partial charge in [-0.2, -0.15) is 0 Å². The van der Waals surface area contributed by atoms with Gasteiger partial charge in [0.05, 0.1) is 0 Å². The molecule has 15 heteroatoms. The molecular weight excluding hydrogens is 1300 g/mol. The van der Waals surface area contributed by atoms with Crippen molar-refractivity contribution < 1.29 is 147 Å². The molecule has 0 saturated carbocycles. The Kier molecular flexibility index (Phi) is 33.7. The molecule has 5 aliphatic rings. The van der Waals surface area contributed by atoms with Crippen molar-refractivity contribution in [2.75, 3.05) is 66.1 Å². The summed E-state index contributed by atoms with van der Waals surface area (Å²) < 4.78 is 24.7. The van der Waals surface area contributed by atoms with Crippen LogP contribution in [0.3, 0.4) is 0 Å². The third-order valence-corrected chi connectivity index (χ3v) is 16.2. The van der Waals surface area contributed by atoms with Crippen molar-refractivity contribution in [3.8, 4) is 67.9 Å². The Morgan fingerprint density at radius 3 is 0.421 bits per heavy atom. The maximum atomic E-state index is 12.5. The molecule has 468 valence electrons. The summed E-state index contributed by atoms with van der Waals surface area (Å²) >= 11 is 0. The molecule has 0 spiro atoms. The Morgan fingerprint density at radius 1 is 0.179 bits per heavy atom. The average Bonchev–Trinajstić information content (AvgIpc) is 1.63. The van der Waals surface area contributed by atoms with E-state index in [-0.39, 0.29) is 127 Å². The van der Waals surface area contributed by atoms with Crippen LogP contribution in [0.25, 0.3) is 98.0 Å². The van der Waals surface area contributed by atoms with Gasteiger partial charge in [-0.3, -0.25) is 0 Å². The largest absolute Gasteiger partial charge is 3.00 e. The van der Waals surface area contributed by atoms with Crippen LogP contribution >= 0.6 is 0 Å². The molecule has 12 aromatic carbocycles. The summed E-state index contributed by atoms with van der Waals surface area (Å²) in [5, 5.41) is 85.7. The van der Waals surface area contributed by atoms with Crippen LogP contribution < -0.4 is 87.2 Å². The van der Waals surface area contributed by atoms with Gasteiger partial charge in [-0.25, -0.2) is 0 Å². The summed E-state index contributed by atoms with van der Waals surface area (Å²) in [5.41, 5.74) is 3.00. The number of hydrogen-bond donors (Lipinski definition) is 0. The predicted molar refractivity (Wildman–Crippen MR) is 358 cm³/mol. The summed E-state index contributed by atoms with van der Waals surface area (Å²) in [6.07, 6.45) is 12.8. The number of fused-ring (bicyclic) bond motifs is 6. The van der Waals surface area contributed by atoms with Gasteiger partial charge in [-0.05, 0) is 162 Å². The van der Waals surface area contributed by atoms with E-state index in [0.717, 1.165) is 131 Å². The van der Waals surface area contributed by atoms with Gasteiger partial charge in [0.2, 0.25) is 0 Å². The van der Waals surface area contributed by atoms with Crippen LogP contribution in [-0.4, -0.2) is 66.1 Å². The molecule has 5 aliphatic heterocycles. The molecule has 0 atom stereocenters. The summed E-state index contributed by atoms with van der Waals surface area (Å²) in [7, 11) is 0. The zero-order valence-electron chi connectivity index (χ0n) is 55.0. The van der Waals surface area contributed by atoms with Crippen LogP contribution in [0.1, 0.15) is 64.2 Å². The fraction of sp³-hybridized carbons (Fsp3) is 0.250. The molecule has 0 N–H and O–H groups in total. The van der Waals surface area contributed by atoms with E-state index in [1.54, 1.807) is 72.8 Å². The molecule has 12 aromatic rings. The van der Waals surface area contributed by atoms with Gasteiger partial charge in [-0.15, -0.1) is 34.5 Å². The predicted octanol–water partition coefficient (Wildman–Crippen LogP) is 6.42. The smallest absolute Gasteiger partial charge is 0.872 e. The molecular formula is C80H76LaLi3O11. The zero-order chi connectivity index (χ0) is 63.0. The summed E-state index contributed by atoms with van der Waals surface area (Å²) in [5.74, 6) is -0.710. The molecule has 0 aromatic heterocycles. The number of hydrogen-bond acceptors (Lipinski definition) is 11. The molecule has 5 saturated heterocycles. The second-order valence-electron chi connectivity index (χ2n) is 22.6. The topological polar surface area (TPSA) is 185 Å². The summed E-state index contributed by atoms with van der Waals surface area (Å²) in [4.78, 5) is 0. The molecule has 0 bridgehead atoms. The van der Waals surface area contributed by atoms with E-state index in [9.17, 15) is 30.6 Å². The number of rotatable bonds is 3. The maximum absolute atomic E-state index is 12.5. The minimum absolute atomic E-state index is 0. The fourth-order valence-corrected chi connectivity index (χ4v) is 11.6. The molecule has 0 radical (unpaired) electrons. The Hall–Kier alpha value is -6.21. The van der Waals surface area contributed by atoms with Gasteiger partial charge >= 0.3 is 92.2 Å². The third-order valence-electron chi connectivity index (χ3n) is 16.2. The van der Waals surface area contributed by atoms with Crippen molar-refractivity contribution in [3.05, 3.63) is 218 Å². The zero-order valence-corrected chi connectivity index (χ0v) is 58.6. The van der Waals surface area contributed by atoms with E-state index in [4.69, 9.17) is 23.7 Å². The SMILES string of the molecule is C1CCOC1.C1CCOC1.C1CCOC1.C1CCOC1.C1CCOC1.[La+3].[Li+].[Li+].[Li+].[O-]c1ccc2ccccc2c1-c1c([O-])ccc2ccccc12.[O-]c1ccc2ccccc2c1-c1c([O-])ccc2ccccc12.[O-]c1ccc2ccccc2c1-c1c([O-])ccc2ccccc12. The number of ether oxygens (including phenoxy) is 5. The monoisotopic (exact) mass is 1370 g/mol. The van der Waals surface area contributed by atoms with Gasteiger partial charge in [0, 0.05) is 66.1 Å². The van der Waals surface area contributed by atoms with Crippen LogP contribution in [0.15, 0.2) is 218 Å². The van der Waals surface area contributed by atoms with E-state index in [0.29, 0.717) is 33.4 Å². The molecule has 11 nitrogen and oxygen atoms in total. The van der Waals surface area contributed by atoms with Gasteiger partial charge < -0.3 is 54.3 Å². The Labute approximate surface area is 621 Å². The molecule has 5 fully saturated rings. The second kappa shape index (κ2) is 41.1. The molecule has 0 unspecified atom stereocenters. The van der Waals surface area contributed by atoms with Crippen molar-refractivity contribution in [2.45, 2.75) is 64.2 Å². The Balaban J connectivity index is 0.000000186. The second-order valence-corrected chi connectivity index (χ2v) is 22.6. The minimum Gasteiger partial charge on any atom is -0.872 e. The van der Waals surface area contributed by atoms with Gasteiger partial charge in [0.15, 0.2) is 0 Å². The first-order valence-electron chi connectivity index (χ1n) is 31.8. The van der Waals surface area contributed by atoms with Gasteiger partial charge in [0.25, 0.3) is 0 Å². The third kappa shape index (κ3) is 21.1. The first kappa shape index (κ1) is 77.8. The maximum Gasteiger partial charge on any atom is 3.00 e. The van der Waals surface area contributed by atoms with Gasteiger partial charge in [-0.1, -0.05) is 218 Å². The van der Waals surface area contributed by atoms with Crippen LogP contribution in [-0.2, 0) is 23.7 Å². The van der Waals surface area contributed by atoms with Crippen LogP contribution in [0.5, 0.6) is 34.5 Å². The molecule has 17 rings (SSSR count). The number of benzene rings is 12. The normalized spacial score (nSPS) is 14.0. The standard InChI is InChI=1S/3C20H14O2.5C4H8O.La.3Li/c3*21-17-11-9-13-5-1-3-7-15(13)19(17)20-16-8-4-2-6-14(16)10-12-18(20)22;5*1-2-4-5-3-1;;;;/h3*1-12,21-22H;5*1-4H2;;;;/q;;;;;;;;+3;3*+1/p-6. The van der Waals surface area contributed by atoms with Gasteiger partial charge in [0.1, 0.15) is 0 Å². The van der Waals surface area contributed by atoms with E-state index >= 15 is 0 Å². The molecule has 0 aliphatic carbocycles. The molecule has 0 amide bonds. The van der Waals surface area contributed by atoms with E-state index < -0.39 is 0 Å². The molecule has 95 heavy (non-hydrogen) atoms. The van der Waals surface area contributed by atoms with Crippen molar-refractivity contribution >= 4 is 64.6 Å². The summed E-state index contributed by atoms with van der Waals surface area (Å²) in [6, 6.07) is 66.1. The fourth-order valence-electron chi connectivity index (χ4n) is 11.6. The van der Waals surface area contributed by atoms with Crippen LogP contribution in [0.4, 0.5) is 0 Å². The molecule has 5 heterocycles. The average molecular weight is 1370 g/mol. The van der Waals surface area contributed by atoms with Crippen molar-refractivity contribution in [1.29, 1.82) is 0 Å². The van der Waals surface area contributed by atoms with Crippen LogP contribution in [0.2, 0.25) is 0 Å². The Bertz CT molecular complexity index is 3560. The quantitative estimate of drug-likeness (QED) is 0.178.